The zero-order chi connectivity index (χ0) is 12.8. The molecular formula is C13H9N3O3. The SMILES string of the molecule is O=C1N[C@@H](c2ccco2)c2c1n[nH]c2-c1ccco1. The Bertz CT molecular complexity index is 725. The summed E-state index contributed by atoms with van der Waals surface area (Å²) in [5, 5.41) is 9.76. The van der Waals surface area contributed by atoms with Crippen LogP contribution < -0.4 is 5.32 Å². The van der Waals surface area contributed by atoms with E-state index in [4.69, 9.17) is 8.83 Å². The summed E-state index contributed by atoms with van der Waals surface area (Å²) in [5.41, 5.74) is 1.84. The normalized spacial score (nSPS) is 17.5. The van der Waals surface area contributed by atoms with Crippen LogP contribution in [0.3, 0.4) is 0 Å². The van der Waals surface area contributed by atoms with Crippen LogP contribution in [0.25, 0.3) is 11.5 Å². The van der Waals surface area contributed by atoms with E-state index in [1.54, 1.807) is 24.7 Å². The van der Waals surface area contributed by atoms with Crippen LogP contribution in [0.1, 0.15) is 27.9 Å². The van der Waals surface area contributed by atoms with Gasteiger partial charge in [-0.1, -0.05) is 0 Å². The molecule has 1 amide bonds. The highest BCUT2D eigenvalue weighted by Gasteiger charge is 2.37. The molecule has 19 heavy (non-hydrogen) atoms. The molecule has 0 unspecified atom stereocenters. The maximum absolute atomic E-state index is 11.9. The first-order valence-corrected chi connectivity index (χ1v) is 5.81. The third-order valence-corrected chi connectivity index (χ3v) is 3.18. The fraction of sp³-hybridized carbons (Fsp3) is 0.0769. The second kappa shape index (κ2) is 3.61. The molecule has 6 heteroatoms. The largest absolute Gasteiger partial charge is 0.467 e. The highest BCUT2D eigenvalue weighted by atomic mass is 16.3. The summed E-state index contributed by atoms with van der Waals surface area (Å²) in [6, 6.07) is 6.87. The highest BCUT2D eigenvalue weighted by Crippen LogP contribution is 2.37. The number of aromatic amines is 1. The topological polar surface area (TPSA) is 84.1 Å². The van der Waals surface area contributed by atoms with Gasteiger partial charge >= 0.3 is 0 Å². The van der Waals surface area contributed by atoms with Gasteiger partial charge in [0.05, 0.1) is 12.5 Å². The smallest absolute Gasteiger partial charge is 0.273 e. The summed E-state index contributed by atoms with van der Waals surface area (Å²) in [4.78, 5) is 11.9. The van der Waals surface area contributed by atoms with Crippen molar-refractivity contribution in [3.8, 4) is 11.5 Å². The van der Waals surface area contributed by atoms with Crippen LogP contribution >= 0.6 is 0 Å². The van der Waals surface area contributed by atoms with Crippen LogP contribution in [-0.2, 0) is 0 Å². The Hall–Kier alpha value is -2.76. The van der Waals surface area contributed by atoms with Crippen molar-refractivity contribution in [1.82, 2.24) is 15.5 Å². The van der Waals surface area contributed by atoms with Crippen molar-refractivity contribution in [1.29, 1.82) is 0 Å². The summed E-state index contributed by atoms with van der Waals surface area (Å²) in [5.74, 6) is 1.09. The Morgan fingerprint density at radius 2 is 2.00 bits per heavy atom. The van der Waals surface area contributed by atoms with Crippen LogP contribution in [0.5, 0.6) is 0 Å². The Morgan fingerprint density at radius 3 is 2.74 bits per heavy atom. The molecule has 0 aromatic carbocycles. The molecular weight excluding hydrogens is 246 g/mol. The van der Waals surface area contributed by atoms with Gasteiger partial charge < -0.3 is 14.2 Å². The van der Waals surface area contributed by atoms with Crippen LogP contribution in [0.2, 0.25) is 0 Å². The number of furan rings is 2. The number of carbonyl (C=O) groups excluding carboxylic acids is 1. The number of carbonyl (C=O) groups is 1. The molecule has 0 saturated carbocycles. The second-order valence-electron chi connectivity index (χ2n) is 4.26. The van der Waals surface area contributed by atoms with Gasteiger partial charge in [0, 0.05) is 5.56 Å². The van der Waals surface area contributed by atoms with E-state index in [1.165, 1.54) is 0 Å². The summed E-state index contributed by atoms with van der Waals surface area (Å²) in [7, 11) is 0. The maximum atomic E-state index is 11.9. The van der Waals surface area contributed by atoms with E-state index >= 15 is 0 Å². The van der Waals surface area contributed by atoms with Crippen LogP contribution in [0.15, 0.2) is 45.6 Å². The number of H-pyrrole nitrogens is 1. The molecule has 94 valence electrons. The van der Waals surface area contributed by atoms with E-state index in [-0.39, 0.29) is 11.9 Å². The monoisotopic (exact) mass is 255 g/mol. The van der Waals surface area contributed by atoms with Gasteiger partial charge in [-0.2, -0.15) is 5.10 Å². The lowest BCUT2D eigenvalue weighted by atomic mass is 10.0. The fourth-order valence-corrected chi connectivity index (χ4v) is 2.35. The number of rotatable bonds is 2. The molecule has 1 atom stereocenters. The lowest BCUT2D eigenvalue weighted by Gasteiger charge is -2.08. The maximum Gasteiger partial charge on any atom is 0.273 e. The van der Waals surface area contributed by atoms with Crippen molar-refractivity contribution < 1.29 is 13.6 Å². The summed E-state index contributed by atoms with van der Waals surface area (Å²) < 4.78 is 10.7. The number of hydrogen-bond acceptors (Lipinski definition) is 4. The molecule has 4 heterocycles. The van der Waals surface area contributed by atoms with Gasteiger partial charge in [-0.25, -0.2) is 0 Å². The van der Waals surface area contributed by atoms with E-state index in [0.717, 1.165) is 5.56 Å². The van der Waals surface area contributed by atoms with Gasteiger partial charge in [-0.05, 0) is 24.3 Å². The van der Waals surface area contributed by atoms with Crippen molar-refractivity contribution >= 4 is 5.91 Å². The number of nitrogens with zero attached hydrogens (tertiary/aromatic N) is 1. The minimum Gasteiger partial charge on any atom is -0.467 e. The van der Waals surface area contributed by atoms with E-state index < -0.39 is 0 Å². The number of aromatic nitrogens is 2. The summed E-state index contributed by atoms with van der Waals surface area (Å²) in [6.07, 6.45) is 3.15. The minimum absolute atomic E-state index is 0.217. The molecule has 4 rings (SSSR count). The molecule has 2 N–H and O–H groups in total. The molecule has 3 aromatic heterocycles. The van der Waals surface area contributed by atoms with Crippen molar-refractivity contribution in [3.63, 3.8) is 0 Å². The summed E-state index contributed by atoms with van der Waals surface area (Å²) in [6.45, 7) is 0. The number of fused-ring (bicyclic) bond motifs is 1. The minimum atomic E-state index is -0.337. The zero-order valence-corrected chi connectivity index (χ0v) is 9.71. The van der Waals surface area contributed by atoms with Crippen molar-refractivity contribution in [3.05, 3.63) is 53.8 Å². The first-order valence-electron chi connectivity index (χ1n) is 5.81. The molecule has 3 aromatic rings. The van der Waals surface area contributed by atoms with Crippen LogP contribution in [0.4, 0.5) is 0 Å². The lowest BCUT2D eigenvalue weighted by Crippen LogP contribution is -2.20. The third-order valence-electron chi connectivity index (χ3n) is 3.18. The number of hydrogen-bond donors (Lipinski definition) is 2. The Balaban J connectivity index is 1.91. The van der Waals surface area contributed by atoms with Gasteiger partial charge in [0.1, 0.15) is 17.5 Å². The fourth-order valence-electron chi connectivity index (χ4n) is 2.35. The molecule has 0 bridgehead atoms. The Morgan fingerprint density at radius 1 is 1.16 bits per heavy atom. The predicted octanol–water partition coefficient (Wildman–Crippen LogP) is 2.10. The average Bonchev–Trinajstić information content (AvgIpc) is 3.16. The van der Waals surface area contributed by atoms with Crippen molar-refractivity contribution in [2.45, 2.75) is 6.04 Å². The molecule has 0 fully saturated rings. The molecule has 0 saturated heterocycles. The molecule has 0 aliphatic carbocycles. The number of nitrogens with one attached hydrogen (secondary N) is 2. The summed E-state index contributed by atoms with van der Waals surface area (Å²) >= 11 is 0. The van der Waals surface area contributed by atoms with E-state index in [2.05, 4.69) is 15.5 Å². The highest BCUT2D eigenvalue weighted by molar-refractivity contribution is 5.99. The molecule has 6 nitrogen and oxygen atoms in total. The van der Waals surface area contributed by atoms with Gasteiger partial charge in [-0.3, -0.25) is 9.89 Å². The molecule has 1 aliphatic rings. The quantitative estimate of drug-likeness (QED) is 0.734. The van der Waals surface area contributed by atoms with E-state index in [0.29, 0.717) is 22.9 Å². The third kappa shape index (κ3) is 1.36. The van der Waals surface area contributed by atoms with Crippen molar-refractivity contribution in [2.75, 3.05) is 0 Å². The van der Waals surface area contributed by atoms with Gasteiger partial charge in [0.15, 0.2) is 11.5 Å². The molecule has 0 spiro atoms. The molecule has 0 radical (unpaired) electrons. The first-order chi connectivity index (χ1) is 9.34. The molecule has 1 aliphatic heterocycles. The average molecular weight is 255 g/mol. The van der Waals surface area contributed by atoms with Gasteiger partial charge in [0.25, 0.3) is 5.91 Å². The van der Waals surface area contributed by atoms with E-state index in [9.17, 15) is 4.79 Å². The van der Waals surface area contributed by atoms with Crippen LogP contribution in [0, 0.1) is 0 Å². The number of amides is 1. The standard InChI is InChI=1S/C13H9N3O3/c17-13-12-9(10(14-13)7-3-1-5-18-7)11(15-16-12)8-4-2-6-19-8/h1-6,10H,(H,14,17)(H,15,16)/t10-/m0/s1. The first kappa shape index (κ1) is 10.2. The Labute approximate surface area is 107 Å². The van der Waals surface area contributed by atoms with Gasteiger partial charge in [-0.15, -0.1) is 0 Å². The van der Waals surface area contributed by atoms with Gasteiger partial charge in [0.2, 0.25) is 0 Å². The predicted molar refractivity (Wildman–Crippen MR) is 64.3 cm³/mol. The Kier molecular flexibility index (Phi) is 1.94. The van der Waals surface area contributed by atoms with E-state index in [1.807, 2.05) is 12.1 Å². The van der Waals surface area contributed by atoms with Crippen molar-refractivity contribution in [2.24, 2.45) is 0 Å². The second-order valence-corrected chi connectivity index (χ2v) is 4.26. The zero-order valence-electron chi connectivity index (χ0n) is 9.71. The van der Waals surface area contributed by atoms with Crippen LogP contribution in [-0.4, -0.2) is 16.1 Å². The lowest BCUT2D eigenvalue weighted by molar-refractivity contribution is 0.0953.